The molecule has 0 aliphatic heterocycles. The maximum atomic E-state index is 10.7. The molecule has 0 aliphatic carbocycles. The standard InChI is InChI=1S/C9H12N2O3/c1-13-9(12)14-8-4-2-7(3-5-8)6-11-10/h2-5,11H,6,10H2,1H3. The molecule has 0 bridgehead atoms. The van der Waals surface area contributed by atoms with E-state index < -0.39 is 6.16 Å². The molecule has 0 heterocycles. The highest BCUT2D eigenvalue weighted by Crippen LogP contribution is 2.12. The Kier molecular flexibility index (Phi) is 3.90. The van der Waals surface area contributed by atoms with Crippen LogP contribution < -0.4 is 16.0 Å². The summed E-state index contributed by atoms with van der Waals surface area (Å²) in [6.07, 6.45) is -0.727. The lowest BCUT2D eigenvalue weighted by Crippen LogP contribution is -2.20. The second-order valence-corrected chi connectivity index (χ2v) is 2.58. The summed E-state index contributed by atoms with van der Waals surface area (Å²) in [6.45, 7) is 0.568. The van der Waals surface area contributed by atoms with E-state index in [0.717, 1.165) is 5.56 Å². The predicted octanol–water partition coefficient (Wildman–Crippen LogP) is 0.795. The fraction of sp³-hybridized carbons (Fsp3) is 0.222. The molecule has 1 rings (SSSR count). The number of hydrazine groups is 1. The number of rotatable bonds is 3. The van der Waals surface area contributed by atoms with E-state index in [4.69, 9.17) is 10.6 Å². The zero-order valence-electron chi connectivity index (χ0n) is 7.82. The molecule has 0 aromatic heterocycles. The number of nitrogens with two attached hydrogens (primary N) is 1. The summed E-state index contributed by atoms with van der Waals surface area (Å²) in [5, 5.41) is 0. The van der Waals surface area contributed by atoms with Crippen molar-refractivity contribution in [3.05, 3.63) is 29.8 Å². The van der Waals surface area contributed by atoms with E-state index in [9.17, 15) is 4.79 Å². The summed E-state index contributed by atoms with van der Waals surface area (Å²) in [4.78, 5) is 10.7. The third kappa shape index (κ3) is 3.04. The summed E-state index contributed by atoms with van der Waals surface area (Å²) in [5.74, 6) is 5.59. The van der Waals surface area contributed by atoms with E-state index in [0.29, 0.717) is 12.3 Å². The number of carbonyl (C=O) groups is 1. The van der Waals surface area contributed by atoms with Crippen LogP contribution in [0.3, 0.4) is 0 Å². The van der Waals surface area contributed by atoms with Crippen LogP contribution in [-0.4, -0.2) is 13.3 Å². The van der Waals surface area contributed by atoms with Crippen LogP contribution in [0.25, 0.3) is 0 Å². The Labute approximate surface area is 81.8 Å². The monoisotopic (exact) mass is 196 g/mol. The van der Waals surface area contributed by atoms with Crippen molar-refractivity contribution >= 4 is 6.16 Å². The number of ether oxygens (including phenoxy) is 2. The van der Waals surface area contributed by atoms with Crippen LogP contribution in [0.1, 0.15) is 5.56 Å². The van der Waals surface area contributed by atoms with E-state index in [1.807, 2.05) is 0 Å². The minimum atomic E-state index is -0.727. The Morgan fingerprint density at radius 2 is 2.07 bits per heavy atom. The Morgan fingerprint density at radius 1 is 1.43 bits per heavy atom. The first kappa shape index (κ1) is 10.5. The molecule has 0 spiro atoms. The summed E-state index contributed by atoms with van der Waals surface area (Å²) in [5.41, 5.74) is 3.53. The van der Waals surface area contributed by atoms with Crippen molar-refractivity contribution in [1.82, 2.24) is 5.43 Å². The van der Waals surface area contributed by atoms with Crippen LogP contribution in [0.5, 0.6) is 5.75 Å². The number of benzene rings is 1. The average Bonchev–Trinajstić information content (AvgIpc) is 2.21. The van der Waals surface area contributed by atoms with Gasteiger partial charge in [0.2, 0.25) is 0 Å². The lowest BCUT2D eigenvalue weighted by molar-refractivity contribution is 0.121. The van der Waals surface area contributed by atoms with E-state index in [2.05, 4.69) is 10.2 Å². The first-order valence-electron chi connectivity index (χ1n) is 4.04. The van der Waals surface area contributed by atoms with Gasteiger partial charge in [0.15, 0.2) is 0 Å². The van der Waals surface area contributed by atoms with Crippen molar-refractivity contribution < 1.29 is 14.3 Å². The average molecular weight is 196 g/mol. The predicted molar refractivity (Wildman–Crippen MR) is 50.5 cm³/mol. The molecule has 0 radical (unpaired) electrons. The summed E-state index contributed by atoms with van der Waals surface area (Å²) in [7, 11) is 1.26. The highest BCUT2D eigenvalue weighted by atomic mass is 16.7. The van der Waals surface area contributed by atoms with Gasteiger partial charge in [-0.3, -0.25) is 11.3 Å². The quantitative estimate of drug-likeness (QED) is 0.323. The maximum Gasteiger partial charge on any atom is 0.513 e. The normalized spacial score (nSPS) is 9.57. The third-order valence-electron chi connectivity index (χ3n) is 1.60. The fourth-order valence-corrected chi connectivity index (χ4v) is 0.931. The van der Waals surface area contributed by atoms with Gasteiger partial charge in [-0.1, -0.05) is 12.1 Å². The van der Waals surface area contributed by atoms with Gasteiger partial charge in [0.05, 0.1) is 7.11 Å². The van der Waals surface area contributed by atoms with Crippen LogP contribution in [0.15, 0.2) is 24.3 Å². The van der Waals surface area contributed by atoms with Gasteiger partial charge in [-0.2, -0.15) is 0 Å². The third-order valence-corrected chi connectivity index (χ3v) is 1.60. The lowest BCUT2D eigenvalue weighted by atomic mass is 10.2. The number of methoxy groups -OCH3 is 1. The summed E-state index contributed by atoms with van der Waals surface area (Å²) in [6, 6.07) is 6.95. The van der Waals surface area contributed by atoms with E-state index >= 15 is 0 Å². The van der Waals surface area contributed by atoms with Crippen molar-refractivity contribution in [1.29, 1.82) is 0 Å². The van der Waals surface area contributed by atoms with Gasteiger partial charge >= 0.3 is 6.16 Å². The molecule has 0 atom stereocenters. The van der Waals surface area contributed by atoms with Crippen molar-refractivity contribution in [2.45, 2.75) is 6.54 Å². The Balaban J connectivity index is 2.59. The first-order chi connectivity index (χ1) is 6.76. The fourth-order valence-electron chi connectivity index (χ4n) is 0.931. The molecule has 1 aromatic rings. The lowest BCUT2D eigenvalue weighted by Gasteiger charge is -2.03. The number of hydrogen-bond acceptors (Lipinski definition) is 5. The SMILES string of the molecule is COC(=O)Oc1ccc(CNN)cc1. The van der Waals surface area contributed by atoms with E-state index in [1.165, 1.54) is 7.11 Å². The Hall–Kier alpha value is -1.59. The molecule has 0 saturated heterocycles. The number of carbonyl (C=O) groups excluding carboxylic acids is 1. The van der Waals surface area contributed by atoms with Gasteiger partial charge in [-0.25, -0.2) is 4.79 Å². The molecule has 0 amide bonds. The Morgan fingerprint density at radius 3 is 2.57 bits per heavy atom. The highest BCUT2D eigenvalue weighted by Gasteiger charge is 2.02. The van der Waals surface area contributed by atoms with Gasteiger partial charge in [0.25, 0.3) is 0 Å². The molecule has 0 aliphatic rings. The van der Waals surface area contributed by atoms with Gasteiger partial charge in [-0.05, 0) is 17.7 Å². The van der Waals surface area contributed by atoms with Crippen LogP contribution in [0.2, 0.25) is 0 Å². The molecule has 0 unspecified atom stereocenters. The van der Waals surface area contributed by atoms with E-state index in [-0.39, 0.29) is 0 Å². The number of nitrogens with one attached hydrogen (secondary N) is 1. The van der Waals surface area contributed by atoms with Crippen LogP contribution in [0, 0.1) is 0 Å². The molecule has 14 heavy (non-hydrogen) atoms. The largest absolute Gasteiger partial charge is 0.513 e. The Bertz CT molecular complexity index is 297. The van der Waals surface area contributed by atoms with Crippen LogP contribution >= 0.6 is 0 Å². The van der Waals surface area contributed by atoms with Crippen molar-refractivity contribution in [2.75, 3.05) is 7.11 Å². The minimum Gasteiger partial charge on any atom is -0.437 e. The van der Waals surface area contributed by atoms with Crippen LogP contribution in [0.4, 0.5) is 4.79 Å². The molecule has 5 heteroatoms. The second kappa shape index (κ2) is 5.21. The zero-order chi connectivity index (χ0) is 10.4. The molecule has 3 N–H and O–H groups in total. The molecule has 1 aromatic carbocycles. The molecule has 76 valence electrons. The zero-order valence-corrected chi connectivity index (χ0v) is 7.82. The molecule has 0 fully saturated rings. The second-order valence-electron chi connectivity index (χ2n) is 2.58. The number of hydrogen-bond donors (Lipinski definition) is 2. The maximum absolute atomic E-state index is 10.7. The minimum absolute atomic E-state index is 0.442. The molecule has 5 nitrogen and oxygen atoms in total. The van der Waals surface area contributed by atoms with Gasteiger partial charge in [0, 0.05) is 6.54 Å². The van der Waals surface area contributed by atoms with Gasteiger partial charge in [-0.15, -0.1) is 0 Å². The highest BCUT2D eigenvalue weighted by molar-refractivity contribution is 5.63. The first-order valence-corrected chi connectivity index (χ1v) is 4.04. The molecular formula is C9H12N2O3. The van der Waals surface area contributed by atoms with Crippen molar-refractivity contribution in [2.24, 2.45) is 5.84 Å². The smallest absolute Gasteiger partial charge is 0.437 e. The molecular weight excluding hydrogens is 184 g/mol. The van der Waals surface area contributed by atoms with Crippen molar-refractivity contribution in [3.63, 3.8) is 0 Å². The van der Waals surface area contributed by atoms with Crippen LogP contribution in [-0.2, 0) is 11.3 Å². The van der Waals surface area contributed by atoms with Gasteiger partial charge in [0.1, 0.15) is 5.75 Å². The van der Waals surface area contributed by atoms with Gasteiger partial charge < -0.3 is 9.47 Å². The summed E-state index contributed by atoms with van der Waals surface area (Å²) >= 11 is 0. The van der Waals surface area contributed by atoms with E-state index in [1.54, 1.807) is 24.3 Å². The topological polar surface area (TPSA) is 73.6 Å². The molecule has 0 saturated carbocycles. The van der Waals surface area contributed by atoms with Crippen molar-refractivity contribution in [3.8, 4) is 5.75 Å². The summed E-state index contributed by atoms with van der Waals surface area (Å²) < 4.78 is 9.12.